The molecule has 0 spiro atoms. The third kappa shape index (κ3) is 2.99. The lowest BCUT2D eigenvalue weighted by Gasteiger charge is -2.30. The van der Waals surface area contributed by atoms with Gasteiger partial charge in [-0.3, -0.25) is 4.79 Å². The molecular formula is C17H18N2O3S. The summed E-state index contributed by atoms with van der Waals surface area (Å²) in [5.74, 6) is -1.18. The highest BCUT2D eigenvalue weighted by molar-refractivity contribution is 7.11. The van der Waals surface area contributed by atoms with Gasteiger partial charge >= 0.3 is 5.97 Å². The van der Waals surface area contributed by atoms with Crippen LogP contribution in [0.3, 0.4) is 0 Å². The van der Waals surface area contributed by atoms with Gasteiger partial charge in [-0.2, -0.15) is 0 Å². The molecule has 1 atom stereocenters. The fourth-order valence-corrected chi connectivity index (χ4v) is 4.17. The van der Waals surface area contributed by atoms with Crippen LogP contribution in [-0.2, 0) is 6.42 Å². The summed E-state index contributed by atoms with van der Waals surface area (Å²) in [6.45, 7) is 1.98. The maximum absolute atomic E-state index is 12.8. The van der Waals surface area contributed by atoms with Crippen molar-refractivity contribution in [2.75, 3.05) is 7.05 Å². The first-order valence-corrected chi connectivity index (χ1v) is 8.35. The summed E-state index contributed by atoms with van der Waals surface area (Å²) < 4.78 is 0. The number of benzene rings is 1. The molecule has 23 heavy (non-hydrogen) atoms. The Morgan fingerprint density at radius 1 is 1.35 bits per heavy atom. The lowest BCUT2D eigenvalue weighted by molar-refractivity contribution is 0.0697. The number of nitrogens with zero attached hydrogens (tertiary/aromatic N) is 2. The van der Waals surface area contributed by atoms with E-state index in [2.05, 4.69) is 4.98 Å². The number of carboxylic acids is 1. The number of carbonyl (C=O) groups is 2. The van der Waals surface area contributed by atoms with E-state index >= 15 is 0 Å². The molecule has 120 valence electrons. The lowest BCUT2D eigenvalue weighted by Crippen LogP contribution is -2.32. The average molecular weight is 330 g/mol. The van der Waals surface area contributed by atoms with Crippen LogP contribution in [-0.4, -0.2) is 33.9 Å². The number of amides is 1. The predicted molar refractivity (Wildman–Crippen MR) is 88.0 cm³/mol. The van der Waals surface area contributed by atoms with Crippen molar-refractivity contribution in [1.29, 1.82) is 0 Å². The van der Waals surface area contributed by atoms with Crippen molar-refractivity contribution in [2.45, 2.75) is 32.2 Å². The molecule has 3 rings (SSSR count). The maximum atomic E-state index is 12.8. The molecule has 0 bridgehead atoms. The maximum Gasteiger partial charge on any atom is 0.335 e. The highest BCUT2D eigenvalue weighted by Crippen LogP contribution is 2.37. The zero-order valence-electron chi connectivity index (χ0n) is 13.1. The van der Waals surface area contributed by atoms with Crippen molar-refractivity contribution < 1.29 is 14.7 Å². The Labute approximate surface area is 138 Å². The molecule has 0 saturated heterocycles. The number of hydrogen-bond donors (Lipinski definition) is 1. The standard InChI is InChI=1S/C17H18N2O3S/c1-10-18-13-7-4-8-14(15(13)23-10)19(2)16(20)11-5-3-6-12(9-11)17(21)22/h3,5-6,9,14H,4,7-8H2,1-2H3,(H,21,22)/t14-/m1/s1. The van der Waals surface area contributed by atoms with Gasteiger partial charge in [0, 0.05) is 12.6 Å². The number of thiazole rings is 1. The van der Waals surface area contributed by atoms with E-state index in [4.69, 9.17) is 5.11 Å². The van der Waals surface area contributed by atoms with Crippen molar-refractivity contribution in [3.63, 3.8) is 0 Å². The molecule has 0 unspecified atom stereocenters. The summed E-state index contributed by atoms with van der Waals surface area (Å²) in [5, 5.41) is 10.1. The van der Waals surface area contributed by atoms with Crippen molar-refractivity contribution in [3.05, 3.63) is 51.0 Å². The number of aryl methyl sites for hydroxylation is 2. The van der Waals surface area contributed by atoms with Crippen LogP contribution in [0, 0.1) is 6.92 Å². The average Bonchev–Trinajstić information content (AvgIpc) is 2.93. The molecule has 0 radical (unpaired) electrons. The van der Waals surface area contributed by atoms with Gasteiger partial charge in [0.1, 0.15) is 0 Å². The van der Waals surface area contributed by atoms with Crippen LogP contribution in [0.15, 0.2) is 24.3 Å². The Hall–Kier alpha value is -2.21. The van der Waals surface area contributed by atoms with Gasteiger partial charge in [-0.15, -0.1) is 11.3 Å². The van der Waals surface area contributed by atoms with E-state index in [1.165, 1.54) is 17.0 Å². The summed E-state index contributed by atoms with van der Waals surface area (Å²) in [4.78, 5) is 31.3. The third-order valence-corrected chi connectivity index (χ3v) is 5.29. The van der Waals surface area contributed by atoms with Gasteiger partial charge in [0.05, 0.1) is 27.2 Å². The normalized spacial score (nSPS) is 16.7. The SMILES string of the molecule is Cc1nc2c(s1)[C@H](N(C)C(=O)c1cccc(C(=O)O)c1)CCC2. The van der Waals surface area contributed by atoms with Gasteiger partial charge in [0.2, 0.25) is 0 Å². The molecule has 1 amide bonds. The van der Waals surface area contributed by atoms with Crippen LogP contribution in [0.4, 0.5) is 0 Å². The second kappa shape index (κ2) is 6.12. The lowest BCUT2D eigenvalue weighted by atomic mass is 9.96. The number of rotatable bonds is 3. The van der Waals surface area contributed by atoms with Gasteiger partial charge in [-0.25, -0.2) is 9.78 Å². The number of fused-ring (bicyclic) bond motifs is 1. The molecule has 0 saturated carbocycles. The van der Waals surface area contributed by atoms with Gasteiger partial charge in [0.15, 0.2) is 0 Å². The van der Waals surface area contributed by atoms with E-state index < -0.39 is 5.97 Å². The molecule has 5 nitrogen and oxygen atoms in total. The molecular weight excluding hydrogens is 312 g/mol. The minimum absolute atomic E-state index is 0.0194. The van der Waals surface area contributed by atoms with Crippen molar-refractivity contribution >= 4 is 23.2 Å². The van der Waals surface area contributed by atoms with Gasteiger partial charge in [-0.05, 0) is 44.4 Å². The number of hydrogen-bond acceptors (Lipinski definition) is 4. The summed E-state index contributed by atoms with van der Waals surface area (Å²) >= 11 is 1.65. The molecule has 2 aromatic rings. The van der Waals surface area contributed by atoms with Crippen molar-refractivity contribution in [2.24, 2.45) is 0 Å². The summed E-state index contributed by atoms with van der Waals surface area (Å²) in [6, 6.07) is 6.21. The van der Waals surface area contributed by atoms with Crippen molar-refractivity contribution in [3.8, 4) is 0 Å². The minimum Gasteiger partial charge on any atom is -0.478 e. The Morgan fingerprint density at radius 3 is 2.83 bits per heavy atom. The fraction of sp³-hybridized carbons (Fsp3) is 0.353. The second-order valence-corrected chi connectivity index (χ2v) is 6.99. The van der Waals surface area contributed by atoms with E-state index in [0.29, 0.717) is 5.56 Å². The quantitative estimate of drug-likeness (QED) is 0.937. The molecule has 6 heteroatoms. The summed E-state index contributed by atoms with van der Waals surface area (Å²) in [7, 11) is 1.78. The second-order valence-electron chi connectivity index (χ2n) is 5.75. The van der Waals surface area contributed by atoms with E-state index in [0.717, 1.165) is 30.0 Å². The summed E-state index contributed by atoms with van der Waals surface area (Å²) in [5.41, 5.74) is 1.63. The molecule has 1 aliphatic carbocycles. The Morgan fingerprint density at radius 2 is 2.09 bits per heavy atom. The van der Waals surface area contributed by atoms with Crippen LogP contribution < -0.4 is 0 Å². The van der Waals surface area contributed by atoms with Crippen LogP contribution in [0.2, 0.25) is 0 Å². The zero-order chi connectivity index (χ0) is 16.6. The van der Waals surface area contributed by atoms with Crippen LogP contribution >= 0.6 is 11.3 Å². The number of carboxylic acid groups (broad SMARTS) is 1. The van der Waals surface area contributed by atoms with Gasteiger partial charge in [-0.1, -0.05) is 6.07 Å². The smallest absolute Gasteiger partial charge is 0.335 e. The van der Waals surface area contributed by atoms with E-state index in [9.17, 15) is 9.59 Å². The van der Waals surface area contributed by atoms with Crippen LogP contribution in [0.5, 0.6) is 0 Å². The molecule has 1 N–H and O–H groups in total. The third-order valence-electron chi connectivity index (χ3n) is 4.17. The van der Waals surface area contributed by atoms with E-state index in [-0.39, 0.29) is 17.5 Å². The Bertz CT molecular complexity index is 769. The number of aromatic nitrogens is 1. The molecule has 1 aromatic heterocycles. The number of aromatic carboxylic acids is 1. The monoisotopic (exact) mass is 330 g/mol. The first kappa shape index (κ1) is 15.7. The summed E-state index contributed by atoms with van der Waals surface area (Å²) in [6.07, 6.45) is 2.88. The first-order chi connectivity index (χ1) is 11.0. The highest BCUT2D eigenvalue weighted by Gasteiger charge is 2.30. The molecule has 1 aliphatic rings. The topological polar surface area (TPSA) is 70.5 Å². The van der Waals surface area contributed by atoms with Crippen LogP contribution in [0.1, 0.15) is 55.2 Å². The minimum atomic E-state index is -1.03. The van der Waals surface area contributed by atoms with Gasteiger partial charge in [0.25, 0.3) is 5.91 Å². The zero-order valence-corrected chi connectivity index (χ0v) is 13.9. The highest BCUT2D eigenvalue weighted by atomic mass is 32.1. The van der Waals surface area contributed by atoms with Crippen molar-refractivity contribution in [1.82, 2.24) is 9.88 Å². The first-order valence-electron chi connectivity index (χ1n) is 7.54. The Kier molecular flexibility index (Phi) is 4.17. The van der Waals surface area contributed by atoms with Crippen LogP contribution in [0.25, 0.3) is 0 Å². The predicted octanol–water partition coefficient (Wildman–Crippen LogP) is 3.30. The van der Waals surface area contributed by atoms with E-state index in [1.54, 1.807) is 35.4 Å². The molecule has 0 aliphatic heterocycles. The largest absolute Gasteiger partial charge is 0.478 e. The molecule has 1 aromatic carbocycles. The Balaban J connectivity index is 1.89. The molecule has 1 heterocycles. The molecule has 0 fully saturated rings. The number of carbonyl (C=O) groups excluding carboxylic acids is 1. The van der Waals surface area contributed by atoms with E-state index in [1.807, 2.05) is 6.92 Å². The fourth-order valence-electron chi connectivity index (χ4n) is 3.02. The van der Waals surface area contributed by atoms with Gasteiger partial charge < -0.3 is 10.0 Å².